The van der Waals surface area contributed by atoms with Gasteiger partial charge in [-0.25, -0.2) is 4.39 Å². The maximum Gasteiger partial charge on any atom is 0.184 e. The van der Waals surface area contributed by atoms with Gasteiger partial charge in [-0.1, -0.05) is 28.1 Å². The molecule has 0 aliphatic heterocycles. The van der Waals surface area contributed by atoms with E-state index in [1.807, 2.05) is 24.3 Å². The number of hydrazone groups is 1. The summed E-state index contributed by atoms with van der Waals surface area (Å²) in [6.45, 7) is 0.183. The molecule has 2 aromatic rings. The number of halogens is 2. The first-order chi connectivity index (χ1) is 10.5. The van der Waals surface area contributed by atoms with E-state index >= 15 is 0 Å². The Bertz CT molecular complexity index is 674. The minimum atomic E-state index is -0.315. The minimum absolute atomic E-state index is 0.0661. The lowest BCUT2D eigenvalue weighted by atomic mass is 10.1. The van der Waals surface area contributed by atoms with E-state index in [1.54, 1.807) is 12.1 Å². The third-order valence-electron chi connectivity index (χ3n) is 2.67. The highest BCUT2D eigenvalue weighted by Gasteiger charge is 2.06. The molecule has 0 aliphatic carbocycles. The van der Waals surface area contributed by atoms with Crippen LogP contribution in [0.1, 0.15) is 5.56 Å². The van der Waals surface area contributed by atoms with Crippen LogP contribution in [0.2, 0.25) is 0 Å². The molecule has 2 aromatic carbocycles. The molecule has 7 heteroatoms. The summed E-state index contributed by atoms with van der Waals surface area (Å²) in [5.41, 5.74) is 9.41. The van der Waals surface area contributed by atoms with Crippen LogP contribution in [0.25, 0.3) is 0 Å². The zero-order valence-electron chi connectivity index (χ0n) is 11.4. The molecule has 0 amide bonds. The largest absolute Gasteiger partial charge is 0.487 e. The first-order valence-electron chi connectivity index (χ1n) is 6.31. The molecule has 114 valence electrons. The summed E-state index contributed by atoms with van der Waals surface area (Å²) < 4.78 is 19.4. The molecule has 0 spiro atoms. The molecule has 0 saturated heterocycles. The van der Waals surface area contributed by atoms with Crippen molar-refractivity contribution in [3.63, 3.8) is 0 Å². The Labute approximate surface area is 141 Å². The Morgan fingerprint density at radius 1 is 1.18 bits per heavy atom. The van der Waals surface area contributed by atoms with Crippen LogP contribution < -0.4 is 15.9 Å². The number of thiocarbonyl (C=S) groups is 1. The van der Waals surface area contributed by atoms with Gasteiger partial charge in [0.25, 0.3) is 0 Å². The number of benzene rings is 2. The number of rotatable bonds is 5. The topological polar surface area (TPSA) is 59.6 Å². The number of hydrogen-bond donors (Lipinski definition) is 2. The Balaban J connectivity index is 2.14. The van der Waals surface area contributed by atoms with Gasteiger partial charge < -0.3 is 10.5 Å². The van der Waals surface area contributed by atoms with E-state index in [0.717, 1.165) is 10.0 Å². The summed E-state index contributed by atoms with van der Waals surface area (Å²) in [5, 5.41) is 4.21. The maximum absolute atomic E-state index is 12.9. The average molecular weight is 382 g/mol. The van der Waals surface area contributed by atoms with Crippen molar-refractivity contribution in [3.8, 4) is 5.75 Å². The summed E-state index contributed by atoms with van der Waals surface area (Å²) in [5.74, 6) is 0.228. The highest BCUT2D eigenvalue weighted by Crippen LogP contribution is 2.14. The van der Waals surface area contributed by atoms with Crippen LogP contribution in [0.4, 0.5) is 4.39 Å². The van der Waals surface area contributed by atoms with E-state index in [0.29, 0.717) is 11.5 Å². The van der Waals surface area contributed by atoms with E-state index in [4.69, 9.17) is 22.7 Å². The molecule has 0 saturated carbocycles. The van der Waals surface area contributed by atoms with Crippen molar-refractivity contribution in [2.75, 3.05) is 6.61 Å². The molecule has 0 fully saturated rings. The minimum Gasteiger partial charge on any atom is -0.487 e. The Hall–Kier alpha value is -1.99. The zero-order valence-corrected chi connectivity index (χ0v) is 13.8. The van der Waals surface area contributed by atoms with Crippen molar-refractivity contribution >= 4 is 39.0 Å². The molecule has 0 unspecified atom stereocenters. The summed E-state index contributed by atoms with van der Waals surface area (Å²) in [4.78, 5) is 0. The van der Waals surface area contributed by atoms with E-state index in [2.05, 4.69) is 26.5 Å². The Kier molecular flexibility index (Phi) is 5.85. The van der Waals surface area contributed by atoms with Gasteiger partial charge in [-0.2, -0.15) is 5.10 Å². The smallest absolute Gasteiger partial charge is 0.184 e. The molecule has 0 aromatic heterocycles. The number of nitrogens with one attached hydrogen (secondary N) is 1. The van der Waals surface area contributed by atoms with Crippen LogP contribution in [0.3, 0.4) is 0 Å². The van der Waals surface area contributed by atoms with Crippen molar-refractivity contribution in [3.05, 3.63) is 64.4 Å². The van der Waals surface area contributed by atoms with Gasteiger partial charge in [0.15, 0.2) is 5.11 Å². The maximum atomic E-state index is 12.9. The highest BCUT2D eigenvalue weighted by atomic mass is 79.9. The first-order valence-corrected chi connectivity index (χ1v) is 7.51. The fraction of sp³-hybridized carbons (Fsp3) is 0.0667. The van der Waals surface area contributed by atoms with Gasteiger partial charge in [0.1, 0.15) is 23.9 Å². The normalized spacial score (nSPS) is 11.1. The number of nitrogens with two attached hydrogens (primary N) is 1. The van der Waals surface area contributed by atoms with Crippen LogP contribution in [0, 0.1) is 5.82 Å². The van der Waals surface area contributed by atoms with Crippen LogP contribution in [0.15, 0.2) is 58.1 Å². The van der Waals surface area contributed by atoms with Gasteiger partial charge in [-0.15, -0.1) is 0 Å². The molecule has 2 rings (SSSR count). The Morgan fingerprint density at radius 3 is 2.41 bits per heavy atom. The van der Waals surface area contributed by atoms with Crippen LogP contribution in [0.5, 0.6) is 5.75 Å². The van der Waals surface area contributed by atoms with Gasteiger partial charge in [0.2, 0.25) is 0 Å². The summed E-state index contributed by atoms with van der Waals surface area (Å²) in [6, 6.07) is 13.3. The molecular weight excluding hydrogens is 369 g/mol. The van der Waals surface area contributed by atoms with Crippen LogP contribution in [-0.4, -0.2) is 17.4 Å². The van der Waals surface area contributed by atoms with Gasteiger partial charge in [0.05, 0.1) is 0 Å². The molecule has 3 N–H and O–H groups in total. The zero-order chi connectivity index (χ0) is 15.9. The van der Waals surface area contributed by atoms with Crippen LogP contribution in [-0.2, 0) is 0 Å². The van der Waals surface area contributed by atoms with E-state index < -0.39 is 0 Å². The molecular formula is C15H13BrFN3OS. The lowest BCUT2D eigenvalue weighted by molar-refractivity contribution is 0.375. The number of nitrogens with zero attached hydrogens (tertiary/aromatic N) is 1. The van der Waals surface area contributed by atoms with Crippen LogP contribution >= 0.6 is 28.1 Å². The second-order valence-electron chi connectivity index (χ2n) is 4.28. The van der Waals surface area contributed by atoms with E-state index in [-0.39, 0.29) is 17.5 Å². The van der Waals surface area contributed by atoms with Gasteiger partial charge in [-0.3, -0.25) is 5.43 Å². The van der Waals surface area contributed by atoms with Crippen molar-refractivity contribution in [2.24, 2.45) is 10.8 Å². The molecule has 22 heavy (non-hydrogen) atoms. The van der Waals surface area contributed by atoms with Crippen molar-refractivity contribution in [1.82, 2.24) is 5.43 Å². The molecule has 4 nitrogen and oxygen atoms in total. The monoisotopic (exact) mass is 381 g/mol. The molecule has 0 bridgehead atoms. The third-order valence-corrected chi connectivity index (χ3v) is 3.29. The van der Waals surface area contributed by atoms with Gasteiger partial charge >= 0.3 is 0 Å². The quantitative estimate of drug-likeness (QED) is 0.474. The average Bonchev–Trinajstić information content (AvgIpc) is 2.50. The number of hydrogen-bond acceptors (Lipinski definition) is 3. The highest BCUT2D eigenvalue weighted by molar-refractivity contribution is 9.10. The summed E-state index contributed by atoms with van der Waals surface area (Å²) in [7, 11) is 0. The molecule has 0 atom stereocenters. The summed E-state index contributed by atoms with van der Waals surface area (Å²) in [6.07, 6.45) is 0. The third kappa shape index (κ3) is 5.09. The first kappa shape index (κ1) is 16.4. The summed E-state index contributed by atoms with van der Waals surface area (Å²) >= 11 is 8.12. The van der Waals surface area contributed by atoms with Crippen molar-refractivity contribution in [1.29, 1.82) is 0 Å². The lowest BCUT2D eigenvalue weighted by Crippen LogP contribution is -2.27. The molecule has 0 radical (unpaired) electrons. The molecule has 0 heterocycles. The number of ether oxygens (including phenoxy) is 1. The lowest BCUT2D eigenvalue weighted by Gasteiger charge is -2.10. The van der Waals surface area contributed by atoms with Crippen molar-refractivity contribution < 1.29 is 9.13 Å². The second kappa shape index (κ2) is 7.86. The fourth-order valence-corrected chi connectivity index (χ4v) is 1.94. The predicted octanol–water partition coefficient (Wildman–Crippen LogP) is 3.20. The predicted molar refractivity (Wildman–Crippen MR) is 92.5 cm³/mol. The van der Waals surface area contributed by atoms with Gasteiger partial charge in [0, 0.05) is 10.0 Å². The SMILES string of the molecule is NC(=S)N/N=C(\COc1ccc(F)cc1)c1ccc(Br)cc1. The Morgan fingerprint density at radius 2 is 1.82 bits per heavy atom. The molecule has 0 aliphatic rings. The van der Waals surface area contributed by atoms with Gasteiger partial charge in [-0.05, 0) is 48.6 Å². The standard InChI is InChI=1S/C15H13BrFN3OS/c16-11-3-1-10(2-4-11)14(19-20-15(18)22)9-21-13-7-5-12(17)6-8-13/h1-8H,9H2,(H3,18,20,22)/b19-14+. The second-order valence-corrected chi connectivity index (χ2v) is 5.64. The van der Waals surface area contributed by atoms with Crippen molar-refractivity contribution in [2.45, 2.75) is 0 Å². The fourth-order valence-electron chi connectivity index (χ4n) is 1.63. The van der Waals surface area contributed by atoms with E-state index in [9.17, 15) is 4.39 Å². The van der Waals surface area contributed by atoms with E-state index in [1.165, 1.54) is 12.1 Å².